The number of nitrogen functional groups attached to an aromatic ring is 1. The molecule has 0 fully saturated rings. The van der Waals surface area contributed by atoms with Crippen LogP contribution in [0.4, 0.5) is 5.95 Å². The third-order valence-corrected chi connectivity index (χ3v) is 0.986. The minimum absolute atomic E-state index is 0.128. The summed E-state index contributed by atoms with van der Waals surface area (Å²) in [5, 5.41) is 0. The van der Waals surface area contributed by atoms with Crippen molar-refractivity contribution in [2.24, 2.45) is 12.9 Å². The summed E-state index contributed by atoms with van der Waals surface area (Å²) < 4.78 is 1.25. The Morgan fingerprint density at radius 1 is 1.80 bits per heavy atom. The quantitative estimate of drug-likeness (QED) is 0.365. The smallest absolute Gasteiger partial charge is 0.292 e. The van der Waals surface area contributed by atoms with Crippen molar-refractivity contribution in [3.05, 3.63) is 16.8 Å². The zero-order valence-corrected chi connectivity index (χ0v) is 5.40. The minimum Gasteiger partial charge on any atom is -0.292 e. The average molecular weight is 141 g/mol. The van der Waals surface area contributed by atoms with Crippen LogP contribution in [0.25, 0.3) is 0 Å². The van der Waals surface area contributed by atoms with Gasteiger partial charge in [-0.2, -0.15) is 4.98 Å². The van der Waals surface area contributed by atoms with Crippen LogP contribution in [0.15, 0.2) is 11.1 Å². The predicted octanol–water partition coefficient (Wildman–Crippen LogP) is -1.54. The lowest BCUT2D eigenvalue weighted by atomic mass is 10.9. The van der Waals surface area contributed by atoms with Gasteiger partial charge in [-0.25, -0.2) is 15.6 Å². The summed E-state index contributed by atoms with van der Waals surface area (Å²) in [5.41, 5.74) is 1.77. The highest BCUT2D eigenvalue weighted by Crippen LogP contribution is 1.83. The fourth-order valence-electron chi connectivity index (χ4n) is 0.459. The molecule has 0 unspecified atom stereocenters. The molecule has 6 heteroatoms. The maximum Gasteiger partial charge on any atom is 0.351 e. The van der Waals surface area contributed by atoms with Gasteiger partial charge in [-0.05, 0) is 0 Å². The predicted molar refractivity (Wildman–Crippen MR) is 35.1 cm³/mol. The minimum atomic E-state index is -0.386. The van der Waals surface area contributed by atoms with Gasteiger partial charge in [-0.1, -0.05) is 0 Å². The number of rotatable bonds is 1. The second kappa shape index (κ2) is 2.44. The van der Waals surface area contributed by atoms with Crippen LogP contribution in [0.5, 0.6) is 0 Å². The van der Waals surface area contributed by atoms with Crippen molar-refractivity contribution in [3.8, 4) is 0 Å². The molecule has 0 bridgehead atoms. The number of nitrogens with zero attached hydrogens (tertiary/aromatic N) is 3. The van der Waals surface area contributed by atoms with Gasteiger partial charge in [0.25, 0.3) is 0 Å². The van der Waals surface area contributed by atoms with E-state index >= 15 is 0 Å². The summed E-state index contributed by atoms with van der Waals surface area (Å²) in [6.07, 6.45) is 1.34. The number of aryl methyl sites for hydroxylation is 1. The largest absolute Gasteiger partial charge is 0.351 e. The number of hydrogen-bond donors (Lipinski definition) is 2. The Morgan fingerprint density at radius 3 is 3.00 bits per heavy atom. The van der Waals surface area contributed by atoms with E-state index in [0.717, 1.165) is 0 Å². The van der Waals surface area contributed by atoms with E-state index in [0.29, 0.717) is 0 Å². The number of hydrazine groups is 1. The first kappa shape index (κ1) is 6.69. The molecule has 0 spiro atoms. The maximum atomic E-state index is 10.7. The van der Waals surface area contributed by atoms with E-state index in [-0.39, 0.29) is 11.6 Å². The third kappa shape index (κ3) is 1.11. The van der Waals surface area contributed by atoms with E-state index in [4.69, 9.17) is 5.84 Å². The lowest BCUT2D eigenvalue weighted by Crippen LogP contribution is -2.23. The first-order chi connectivity index (χ1) is 4.74. The topological polar surface area (TPSA) is 85.8 Å². The standard InChI is InChI=1S/C4H7N5O/c1-9-2-6-3(8-5)7-4(9)10/h2H,5H2,1H3,(H,7,8,10). The first-order valence-corrected chi connectivity index (χ1v) is 2.60. The van der Waals surface area contributed by atoms with Crippen LogP contribution in [0.3, 0.4) is 0 Å². The van der Waals surface area contributed by atoms with Gasteiger partial charge >= 0.3 is 5.69 Å². The van der Waals surface area contributed by atoms with Gasteiger partial charge < -0.3 is 0 Å². The van der Waals surface area contributed by atoms with E-state index in [1.165, 1.54) is 10.9 Å². The lowest BCUT2D eigenvalue weighted by molar-refractivity contribution is 0.772. The molecular weight excluding hydrogens is 134 g/mol. The number of nitrogens with two attached hydrogens (primary N) is 1. The fraction of sp³-hybridized carbons (Fsp3) is 0.250. The molecule has 0 aromatic carbocycles. The molecule has 0 amide bonds. The van der Waals surface area contributed by atoms with Crippen LogP contribution in [0.2, 0.25) is 0 Å². The molecule has 0 aliphatic heterocycles. The van der Waals surface area contributed by atoms with Crippen molar-refractivity contribution in [3.63, 3.8) is 0 Å². The highest BCUT2D eigenvalue weighted by atomic mass is 16.1. The van der Waals surface area contributed by atoms with Crippen molar-refractivity contribution in [1.29, 1.82) is 0 Å². The zero-order valence-electron chi connectivity index (χ0n) is 5.40. The van der Waals surface area contributed by atoms with E-state index in [2.05, 4.69) is 15.4 Å². The Hall–Kier alpha value is -1.43. The molecule has 1 heterocycles. The Bertz CT molecular complexity index is 279. The molecule has 0 saturated heterocycles. The molecule has 3 N–H and O–H groups in total. The van der Waals surface area contributed by atoms with E-state index in [9.17, 15) is 4.79 Å². The van der Waals surface area contributed by atoms with Crippen LogP contribution in [0.1, 0.15) is 0 Å². The number of nitrogens with one attached hydrogen (secondary N) is 1. The summed E-state index contributed by atoms with van der Waals surface area (Å²) in [7, 11) is 1.56. The summed E-state index contributed by atoms with van der Waals surface area (Å²) in [4.78, 5) is 17.8. The summed E-state index contributed by atoms with van der Waals surface area (Å²) >= 11 is 0. The molecule has 6 nitrogen and oxygen atoms in total. The van der Waals surface area contributed by atoms with Crippen LogP contribution < -0.4 is 17.0 Å². The molecular formula is C4H7N5O. The van der Waals surface area contributed by atoms with Gasteiger partial charge in [-0.3, -0.25) is 9.99 Å². The van der Waals surface area contributed by atoms with E-state index in [1.54, 1.807) is 7.05 Å². The third-order valence-electron chi connectivity index (χ3n) is 0.986. The summed E-state index contributed by atoms with van der Waals surface area (Å²) in [6.45, 7) is 0. The molecule has 0 aliphatic rings. The monoisotopic (exact) mass is 141 g/mol. The fourth-order valence-corrected chi connectivity index (χ4v) is 0.459. The molecule has 10 heavy (non-hydrogen) atoms. The van der Waals surface area contributed by atoms with Crippen molar-refractivity contribution in [2.75, 3.05) is 5.43 Å². The molecule has 1 aromatic heterocycles. The molecule has 0 radical (unpaired) electrons. The highest BCUT2D eigenvalue weighted by molar-refractivity contribution is 5.17. The van der Waals surface area contributed by atoms with Crippen molar-refractivity contribution >= 4 is 5.95 Å². The van der Waals surface area contributed by atoms with E-state index in [1.807, 2.05) is 0 Å². The van der Waals surface area contributed by atoms with Gasteiger partial charge in [0.05, 0.1) is 0 Å². The summed E-state index contributed by atoms with van der Waals surface area (Å²) in [6, 6.07) is 0. The SMILES string of the molecule is Cn1cnc(NN)nc1=O. The molecule has 1 aromatic rings. The highest BCUT2D eigenvalue weighted by Gasteiger charge is 1.93. The van der Waals surface area contributed by atoms with Crippen LogP contribution >= 0.6 is 0 Å². The molecule has 0 atom stereocenters. The van der Waals surface area contributed by atoms with Crippen LogP contribution in [0, 0.1) is 0 Å². The number of hydrogen-bond acceptors (Lipinski definition) is 5. The molecule has 1 rings (SSSR count). The van der Waals surface area contributed by atoms with Crippen LogP contribution in [-0.2, 0) is 7.05 Å². The second-order valence-corrected chi connectivity index (χ2v) is 1.72. The number of aromatic nitrogens is 3. The van der Waals surface area contributed by atoms with Gasteiger partial charge in [-0.15, -0.1) is 0 Å². The Morgan fingerprint density at radius 2 is 2.50 bits per heavy atom. The Kier molecular flexibility index (Phi) is 1.63. The Labute approximate surface area is 56.7 Å². The van der Waals surface area contributed by atoms with E-state index < -0.39 is 0 Å². The van der Waals surface area contributed by atoms with Crippen molar-refractivity contribution < 1.29 is 0 Å². The molecule has 0 aliphatic carbocycles. The molecule has 54 valence electrons. The van der Waals surface area contributed by atoms with Gasteiger partial charge in [0.15, 0.2) is 0 Å². The number of anilines is 1. The normalized spacial score (nSPS) is 9.40. The Balaban J connectivity index is 3.17. The average Bonchev–Trinajstić information content (AvgIpc) is 1.95. The van der Waals surface area contributed by atoms with Crippen molar-refractivity contribution in [1.82, 2.24) is 14.5 Å². The zero-order chi connectivity index (χ0) is 7.56. The van der Waals surface area contributed by atoms with Crippen molar-refractivity contribution in [2.45, 2.75) is 0 Å². The van der Waals surface area contributed by atoms with Crippen LogP contribution in [-0.4, -0.2) is 14.5 Å². The van der Waals surface area contributed by atoms with Gasteiger partial charge in [0, 0.05) is 7.05 Å². The maximum absolute atomic E-state index is 10.7. The molecule has 0 saturated carbocycles. The first-order valence-electron chi connectivity index (χ1n) is 2.60. The van der Waals surface area contributed by atoms with Gasteiger partial charge in [0.1, 0.15) is 6.33 Å². The summed E-state index contributed by atoms with van der Waals surface area (Å²) in [5.74, 6) is 5.07. The van der Waals surface area contributed by atoms with Gasteiger partial charge in [0.2, 0.25) is 5.95 Å². The lowest BCUT2D eigenvalue weighted by Gasteiger charge is -1.96. The second-order valence-electron chi connectivity index (χ2n) is 1.72.